The summed E-state index contributed by atoms with van der Waals surface area (Å²) in [4.78, 5) is 22.1. The van der Waals surface area contributed by atoms with Gasteiger partial charge in [-0.1, -0.05) is 24.3 Å². The quantitative estimate of drug-likeness (QED) is 0.522. The van der Waals surface area contributed by atoms with Gasteiger partial charge in [0.2, 0.25) is 0 Å². The number of carbonyl (C=O) groups excluding carboxylic acids is 1. The topological polar surface area (TPSA) is 26.8 Å². The number of piperazine rings is 1. The lowest BCUT2D eigenvalue weighted by Gasteiger charge is -2.36. The van der Waals surface area contributed by atoms with Gasteiger partial charge in [0.15, 0.2) is 0 Å². The van der Waals surface area contributed by atoms with Gasteiger partial charge in [0, 0.05) is 49.1 Å². The second-order valence-electron chi connectivity index (χ2n) is 8.17. The van der Waals surface area contributed by atoms with Crippen LogP contribution < -0.4 is 9.80 Å². The van der Waals surface area contributed by atoms with Crippen molar-refractivity contribution in [2.75, 3.05) is 48.3 Å². The molecule has 160 valence electrons. The van der Waals surface area contributed by atoms with E-state index >= 15 is 0 Å². The molecule has 1 aromatic heterocycles. The molecule has 6 heteroatoms. The van der Waals surface area contributed by atoms with E-state index in [0.717, 1.165) is 48.4 Å². The second-order valence-corrected chi connectivity index (χ2v) is 10.4. The molecule has 1 fully saturated rings. The average Bonchev–Trinajstić information content (AvgIpc) is 3.30. The van der Waals surface area contributed by atoms with Crippen LogP contribution in [0.1, 0.15) is 20.8 Å². The highest BCUT2D eigenvalue weighted by Gasteiger charge is 2.26. The molecule has 3 aromatic rings. The molecule has 0 N–H and O–H groups in total. The smallest absolute Gasteiger partial charge is 0.264 e. The lowest BCUT2D eigenvalue weighted by atomic mass is 10.1. The number of amides is 1. The first-order valence-corrected chi connectivity index (χ1v) is 12.6. The van der Waals surface area contributed by atoms with Crippen LogP contribution in [0.3, 0.4) is 0 Å². The Hall–Kier alpha value is -2.44. The summed E-state index contributed by atoms with van der Waals surface area (Å²) in [5, 5.41) is 1.16. The third-order valence-electron chi connectivity index (χ3n) is 6.07. The molecule has 0 radical (unpaired) electrons. The van der Waals surface area contributed by atoms with Crippen LogP contribution in [0.5, 0.6) is 0 Å². The highest BCUT2D eigenvalue weighted by atomic mass is 32.2. The Morgan fingerprint density at radius 2 is 1.68 bits per heavy atom. The number of rotatable bonds is 3. The van der Waals surface area contributed by atoms with Crippen LogP contribution in [0.2, 0.25) is 0 Å². The number of benzene rings is 2. The lowest BCUT2D eigenvalue weighted by Crippen LogP contribution is -2.48. The van der Waals surface area contributed by atoms with Gasteiger partial charge in [0.1, 0.15) is 0 Å². The molecule has 1 amide bonds. The highest BCUT2D eigenvalue weighted by molar-refractivity contribution is 7.99. The van der Waals surface area contributed by atoms with Gasteiger partial charge in [-0.05, 0) is 55.3 Å². The summed E-state index contributed by atoms with van der Waals surface area (Å²) < 4.78 is 0. The minimum Gasteiger partial charge on any atom is -0.368 e. The van der Waals surface area contributed by atoms with E-state index in [1.807, 2.05) is 22.7 Å². The molecule has 0 unspecified atom stereocenters. The monoisotopic (exact) mass is 449 g/mol. The van der Waals surface area contributed by atoms with Crippen LogP contribution in [0, 0.1) is 13.8 Å². The molecule has 0 spiro atoms. The van der Waals surface area contributed by atoms with Crippen molar-refractivity contribution in [3.05, 3.63) is 70.6 Å². The Morgan fingerprint density at radius 1 is 0.871 bits per heavy atom. The normalized spacial score (nSPS) is 16.4. The number of carbonyl (C=O) groups is 1. The van der Waals surface area contributed by atoms with E-state index in [1.54, 1.807) is 11.3 Å². The molecular formula is C25H27N3OS2. The average molecular weight is 450 g/mol. The summed E-state index contributed by atoms with van der Waals surface area (Å²) >= 11 is 3.52. The summed E-state index contributed by atoms with van der Waals surface area (Å²) in [6, 6.07) is 19.3. The molecule has 31 heavy (non-hydrogen) atoms. The number of nitrogens with zero attached hydrogens (tertiary/aromatic N) is 3. The third kappa shape index (κ3) is 4.06. The van der Waals surface area contributed by atoms with Crippen molar-refractivity contribution in [1.82, 2.24) is 4.90 Å². The Bertz CT molecular complexity index is 1100. The van der Waals surface area contributed by atoms with Crippen molar-refractivity contribution in [1.29, 1.82) is 0 Å². The van der Waals surface area contributed by atoms with Crippen LogP contribution in [0.4, 0.5) is 16.4 Å². The Kier molecular flexibility index (Phi) is 5.67. The number of thiophene rings is 1. The summed E-state index contributed by atoms with van der Waals surface area (Å²) in [6.45, 7) is 8.57. The van der Waals surface area contributed by atoms with E-state index in [4.69, 9.17) is 0 Å². The third-order valence-corrected chi connectivity index (χ3v) is 8.21. The number of hydrogen-bond acceptors (Lipinski definition) is 5. The van der Waals surface area contributed by atoms with E-state index in [1.165, 1.54) is 27.4 Å². The largest absolute Gasteiger partial charge is 0.368 e. The van der Waals surface area contributed by atoms with E-state index in [9.17, 15) is 4.79 Å². The minimum absolute atomic E-state index is 0.163. The molecule has 2 aliphatic heterocycles. The number of hydrogen-bond donors (Lipinski definition) is 0. The molecule has 0 saturated carbocycles. The molecule has 5 rings (SSSR count). The fraction of sp³-hybridized carbons (Fsp3) is 0.320. The lowest BCUT2D eigenvalue weighted by molar-refractivity contribution is 0.0751. The van der Waals surface area contributed by atoms with Crippen molar-refractivity contribution in [3.8, 4) is 0 Å². The maximum Gasteiger partial charge on any atom is 0.264 e. The number of aryl methyl sites for hydroxylation is 2. The molecule has 0 bridgehead atoms. The maximum atomic E-state index is 13.2. The van der Waals surface area contributed by atoms with Crippen molar-refractivity contribution < 1.29 is 4.79 Å². The van der Waals surface area contributed by atoms with Crippen molar-refractivity contribution >= 4 is 45.4 Å². The van der Waals surface area contributed by atoms with Gasteiger partial charge in [0.05, 0.1) is 15.6 Å². The Balaban J connectivity index is 1.27. The van der Waals surface area contributed by atoms with Gasteiger partial charge >= 0.3 is 0 Å². The van der Waals surface area contributed by atoms with Crippen LogP contribution in [0.15, 0.2) is 59.5 Å². The van der Waals surface area contributed by atoms with Crippen LogP contribution >= 0.6 is 23.1 Å². The van der Waals surface area contributed by atoms with E-state index < -0.39 is 0 Å². The maximum absolute atomic E-state index is 13.2. The van der Waals surface area contributed by atoms with Gasteiger partial charge in [0.25, 0.3) is 5.91 Å². The fourth-order valence-electron chi connectivity index (χ4n) is 4.35. The predicted molar refractivity (Wildman–Crippen MR) is 133 cm³/mol. The SMILES string of the molecule is Cc1ccc(C)c(N2CCN(C(=O)c3ccc(N4CCSc5ccccc54)s3)CC2)c1. The van der Waals surface area contributed by atoms with Gasteiger partial charge in [-0.25, -0.2) is 0 Å². The molecule has 4 nitrogen and oxygen atoms in total. The van der Waals surface area contributed by atoms with E-state index in [0.29, 0.717) is 0 Å². The summed E-state index contributed by atoms with van der Waals surface area (Å²) in [6.07, 6.45) is 0. The Labute approximate surface area is 192 Å². The Morgan fingerprint density at radius 3 is 2.52 bits per heavy atom. The van der Waals surface area contributed by atoms with Crippen LogP contribution in [-0.2, 0) is 0 Å². The zero-order valence-corrected chi connectivity index (χ0v) is 19.6. The van der Waals surface area contributed by atoms with Crippen LogP contribution in [-0.4, -0.2) is 49.3 Å². The first kappa shape index (κ1) is 20.5. The zero-order chi connectivity index (χ0) is 21.4. The van der Waals surface area contributed by atoms with Gasteiger partial charge in [-0.15, -0.1) is 23.1 Å². The van der Waals surface area contributed by atoms with Gasteiger partial charge in [-0.3, -0.25) is 4.79 Å². The number of para-hydroxylation sites is 1. The van der Waals surface area contributed by atoms with Crippen LogP contribution in [0.25, 0.3) is 0 Å². The molecule has 0 aliphatic carbocycles. The summed E-state index contributed by atoms with van der Waals surface area (Å²) in [5.74, 6) is 1.23. The van der Waals surface area contributed by atoms with Crippen molar-refractivity contribution in [2.24, 2.45) is 0 Å². The standard InChI is InChI=1S/C25H27N3OS2/c1-18-7-8-19(2)21(17-18)26-11-13-27(14-12-26)25(29)23-9-10-24(31-23)28-15-16-30-22-6-4-3-5-20(22)28/h3-10,17H,11-16H2,1-2H3. The zero-order valence-electron chi connectivity index (χ0n) is 18.0. The second kappa shape index (κ2) is 8.60. The minimum atomic E-state index is 0.163. The first-order chi connectivity index (χ1) is 15.1. The molecule has 0 atom stereocenters. The molecule has 1 saturated heterocycles. The highest BCUT2D eigenvalue weighted by Crippen LogP contribution is 2.41. The number of anilines is 3. The van der Waals surface area contributed by atoms with E-state index in [-0.39, 0.29) is 5.91 Å². The number of thioether (sulfide) groups is 1. The van der Waals surface area contributed by atoms with Gasteiger partial charge < -0.3 is 14.7 Å². The number of fused-ring (bicyclic) bond motifs is 1. The molecule has 3 heterocycles. The fourth-order valence-corrected chi connectivity index (χ4v) is 6.36. The molecular weight excluding hydrogens is 422 g/mol. The summed E-state index contributed by atoms with van der Waals surface area (Å²) in [5.41, 5.74) is 5.13. The van der Waals surface area contributed by atoms with Crippen molar-refractivity contribution in [2.45, 2.75) is 18.7 Å². The summed E-state index contributed by atoms with van der Waals surface area (Å²) in [7, 11) is 0. The first-order valence-electron chi connectivity index (χ1n) is 10.8. The molecule has 2 aliphatic rings. The molecule has 2 aromatic carbocycles. The predicted octanol–water partition coefficient (Wildman–Crippen LogP) is 5.57. The van der Waals surface area contributed by atoms with Gasteiger partial charge in [-0.2, -0.15) is 0 Å². The van der Waals surface area contributed by atoms with Crippen molar-refractivity contribution in [3.63, 3.8) is 0 Å². The van der Waals surface area contributed by atoms with E-state index in [2.05, 4.69) is 72.2 Å².